The number of carbonyl (C=O) groups excluding carboxylic acids is 2. The second-order valence-electron chi connectivity index (χ2n) is 5.51. The van der Waals surface area contributed by atoms with Gasteiger partial charge in [-0.15, -0.1) is 0 Å². The largest absolute Gasteiger partial charge is 0.493 e. The number of amides is 2. The van der Waals surface area contributed by atoms with Gasteiger partial charge in [0.25, 0.3) is 0 Å². The van der Waals surface area contributed by atoms with E-state index in [1.54, 1.807) is 19.2 Å². The molecule has 6 nitrogen and oxygen atoms in total. The molecule has 2 N–H and O–H groups in total. The first-order valence-electron chi connectivity index (χ1n) is 7.86. The molecule has 0 fully saturated rings. The lowest BCUT2D eigenvalue weighted by atomic mass is 10.1. The van der Waals surface area contributed by atoms with Gasteiger partial charge in [0.1, 0.15) is 0 Å². The summed E-state index contributed by atoms with van der Waals surface area (Å²) in [5, 5.41) is 5.38. The minimum absolute atomic E-state index is 0.0978. The minimum atomic E-state index is -0.309. The van der Waals surface area contributed by atoms with E-state index < -0.39 is 0 Å². The van der Waals surface area contributed by atoms with Gasteiger partial charge in [0.15, 0.2) is 11.5 Å². The Morgan fingerprint density at radius 3 is 2.24 bits per heavy atom. The third kappa shape index (κ3) is 5.24. The Balaban J connectivity index is 1.91. The van der Waals surface area contributed by atoms with Crippen molar-refractivity contribution in [2.24, 2.45) is 0 Å². The summed E-state index contributed by atoms with van der Waals surface area (Å²) in [5.41, 5.74) is 2.35. The van der Waals surface area contributed by atoms with E-state index in [-0.39, 0.29) is 24.8 Å². The van der Waals surface area contributed by atoms with Crippen LogP contribution in [-0.2, 0) is 16.0 Å². The Hall–Kier alpha value is -3.02. The summed E-state index contributed by atoms with van der Waals surface area (Å²) < 4.78 is 10.4. The van der Waals surface area contributed by atoms with Crippen molar-refractivity contribution in [3.8, 4) is 11.5 Å². The average Bonchev–Trinajstić information content (AvgIpc) is 2.62. The van der Waals surface area contributed by atoms with Crippen LogP contribution in [0.3, 0.4) is 0 Å². The number of ether oxygens (including phenoxy) is 2. The molecule has 0 radical (unpaired) electrons. The Morgan fingerprint density at radius 1 is 0.960 bits per heavy atom. The smallest absolute Gasteiger partial charge is 0.243 e. The van der Waals surface area contributed by atoms with Gasteiger partial charge in [0.05, 0.1) is 27.2 Å². The molecule has 6 heteroatoms. The molecule has 0 aliphatic carbocycles. The lowest BCUT2D eigenvalue weighted by molar-refractivity contribution is -0.123. The van der Waals surface area contributed by atoms with Crippen LogP contribution in [0.5, 0.6) is 11.5 Å². The van der Waals surface area contributed by atoms with Crippen molar-refractivity contribution >= 4 is 17.5 Å². The first kappa shape index (κ1) is 18.3. The molecule has 0 spiro atoms. The number of benzene rings is 2. The SMILES string of the molecule is COc1cc(C)c(NC(=O)CNC(=O)Cc2ccccc2)cc1OC. The normalized spacial score (nSPS) is 10.0. The highest BCUT2D eigenvalue weighted by Gasteiger charge is 2.12. The average molecular weight is 342 g/mol. The second-order valence-corrected chi connectivity index (χ2v) is 5.51. The number of carbonyl (C=O) groups is 2. The van der Waals surface area contributed by atoms with Crippen molar-refractivity contribution in [1.29, 1.82) is 0 Å². The Bertz CT molecular complexity index is 745. The van der Waals surface area contributed by atoms with Crippen LogP contribution in [0.4, 0.5) is 5.69 Å². The van der Waals surface area contributed by atoms with Gasteiger partial charge in [0, 0.05) is 11.8 Å². The molecular formula is C19H22N2O4. The lowest BCUT2D eigenvalue weighted by Crippen LogP contribution is -2.33. The molecule has 0 aromatic heterocycles. The maximum atomic E-state index is 12.1. The summed E-state index contributed by atoms with van der Waals surface area (Å²) in [7, 11) is 3.08. The van der Waals surface area contributed by atoms with Gasteiger partial charge in [-0.1, -0.05) is 30.3 Å². The highest BCUT2D eigenvalue weighted by atomic mass is 16.5. The van der Waals surface area contributed by atoms with E-state index in [0.717, 1.165) is 11.1 Å². The highest BCUT2D eigenvalue weighted by Crippen LogP contribution is 2.32. The maximum absolute atomic E-state index is 12.1. The van der Waals surface area contributed by atoms with Crippen LogP contribution >= 0.6 is 0 Å². The fourth-order valence-corrected chi connectivity index (χ4v) is 2.33. The van der Waals surface area contributed by atoms with E-state index in [2.05, 4.69) is 10.6 Å². The van der Waals surface area contributed by atoms with Crippen LogP contribution < -0.4 is 20.1 Å². The Labute approximate surface area is 147 Å². The number of hydrogen-bond acceptors (Lipinski definition) is 4. The van der Waals surface area contributed by atoms with E-state index in [4.69, 9.17) is 9.47 Å². The van der Waals surface area contributed by atoms with E-state index in [1.165, 1.54) is 7.11 Å². The first-order valence-corrected chi connectivity index (χ1v) is 7.86. The summed E-state index contributed by atoms with van der Waals surface area (Å²) in [6.07, 6.45) is 0.240. The number of anilines is 1. The van der Waals surface area contributed by atoms with Gasteiger partial charge < -0.3 is 20.1 Å². The van der Waals surface area contributed by atoms with Gasteiger partial charge >= 0.3 is 0 Å². The molecule has 2 aromatic carbocycles. The van der Waals surface area contributed by atoms with Crippen LogP contribution in [0.2, 0.25) is 0 Å². The summed E-state index contributed by atoms with van der Waals surface area (Å²) in [6, 6.07) is 12.8. The third-order valence-corrected chi connectivity index (χ3v) is 3.66. The van der Waals surface area contributed by atoms with Crippen molar-refractivity contribution in [3.63, 3.8) is 0 Å². The van der Waals surface area contributed by atoms with Crippen molar-refractivity contribution < 1.29 is 19.1 Å². The Kier molecular flexibility index (Phi) is 6.39. The second kappa shape index (κ2) is 8.73. The molecule has 0 saturated carbocycles. The molecule has 2 aromatic rings. The van der Waals surface area contributed by atoms with Crippen molar-refractivity contribution in [1.82, 2.24) is 5.32 Å². The fourth-order valence-electron chi connectivity index (χ4n) is 2.33. The zero-order chi connectivity index (χ0) is 18.2. The van der Waals surface area contributed by atoms with Gasteiger partial charge in [-0.25, -0.2) is 0 Å². The standard InChI is InChI=1S/C19H22N2O4/c1-13-9-16(24-2)17(25-3)11-15(13)21-19(23)12-20-18(22)10-14-7-5-4-6-8-14/h4-9,11H,10,12H2,1-3H3,(H,20,22)(H,21,23). The summed E-state index contributed by atoms with van der Waals surface area (Å²) in [5.74, 6) is 0.604. The quantitative estimate of drug-likeness (QED) is 0.809. The molecule has 0 aliphatic rings. The zero-order valence-corrected chi connectivity index (χ0v) is 14.6. The number of rotatable bonds is 7. The topological polar surface area (TPSA) is 76.7 Å². The van der Waals surface area contributed by atoms with E-state index >= 15 is 0 Å². The molecule has 0 heterocycles. The van der Waals surface area contributed by atoms with Crippen molar-refractivity contribution in [2.75, 3.05) is 26.1 Å². The molecule has 2 amide bonds. The molecule has 2 rings (SSSR count). The number of hydrogen-bond donors (Lipinski definition) is 2. The Morgan fingerprint density at radius 2 is 1.60 bits per heavy atom. The molecule has 25 heavy (non-hydrogen) atoms. The van der Waals surface area contributed by atoms with E-state index in [0.29, 0.717) is 17.2 Å². The van der Waals surface area contributed by atoms with Gasteiger partial charge in [0.2, 0.25) is 11.8 Å². The van der Waals surface area contributed by atoms with Crippen LogP contribution in [0.1, 0.15) is 11.1 Å². The highest BCUT2D eigenvalue weighted by molar-refractivity contribution is 5.95. The van der Waals surface area contributed by atoms with Gasteiger partial charge in [-0.2, -0.15) is 0 Å². The zero-order valence-electron chi connectivity index (χ0n) is 14.6. The monoisotopic (exact) mass is 342 g/mol. The predicted octanol–water partition coefficient (Wildman–Crippen LogP) is 2.31. The summed E-state index contributed by atoms with van der Waals surface area (Å²) in [4.78, 5) is 24.0. The van der Waals surface area contributed by atoms with Crippen LogP contribution in [0, 0.1) is 6.92 Å². The minimum Gasteiger partial charge on any atom is -0.493 e. The molecule has 0 aliphatic heterocycles. The number of aryl methyl sites for hydroxylation is 1. The van der Waals surface area contributed by atoms with Gasteiger partial charge in [-0.3, -0.25) is 9.59 Å². The molecule has 0 saturated heterocycles. The fraction of sp³-hybridized carbons (Fsp3) is 0.263. The van der Waals surface area contributed by atoms with E-state index in [9.17, 15) is 9.59 Å². The van der Waals surface area contributed by atoms with Crippen molar-refractivity contribution in [2.45, 2.75) is 13.3 Å². The van der Waals surface area contributed by atoms with Crippen LogP contribution in [0.25, 0.3) is 0 Å². The first-order chi connectivity index (χ1) is 12.0. The summed E-state index contributed by atoms with van der Waals surface area (Å²) >= 11 is 0. The molecule has 0 bridgehead atoms. The van der Waals surface area contributed by atoms with E-state index in [1.807, 2.05) is 37.3 Å². The molecular weight excluding hydrogens is 320 g/mol. The lowest BCUT2D eigenvalue weighted by Gasteiger charge is -2.14. The number of methoxy groups -OCH3 is 2. The number of nitrogens with one attached hydrogen (secondary N) is 2. The molecule has 132 valence electrons. The van der Waals surface area contributed by atoms with Crippen LogP contribution in [-0.4, -0.2) is 32.6 Å². The van der Waals surface area contributed by atoms with Crippen LogP contribution in [0.15, 0.2) is 42.5 Å². The predicted molar refractivity (Wildman–Crippen MR) is 96.1 cm³/mol. The third-order valence-electron chi connectivity index (χ3n) is 3.66. The molecule has 0 unspecified atom stereocenters. The molecule has 0 atom stereocenters. The summed E-state index contributed by atoms with van der Waals surface area (Å²) in [6.45, 7) is 1.75. The van der Waals surface area contributed by atoms with Crippen molar-refractivity contribution in [3.05, 3.63) is 53.6 Å². The van der Waals surface area contributed by atoms with Gasteiger partial charge in [-0.05, 0) is 24.1 Å². The maximum Gasteiger partial charge on any atom is 0.243 e.